The molecule has 0 heterocycles. The summed E-state index contributed by atoms with van der Waals surface area (Å²) in [7, 11) is 0. The maximum absolute atomic E-state index is 12.6. The lowest BCUT2D eigenvalue weighted by molar-refractivity contribution is 0.474. The summed E-state index contributed by atoms with van der Waals surface area (Å²) < 4.78 is 12.6. The zero-order chi connectivity index (χ0) is 10.7. The van der Waals surface area contributed by atoms with Gasteiger partial charge in [-0.15, -0.1) is 0 Å². The van der Waals surface area contributed by atoms with Gasteiger partial charge < -0.3 is 5.11 Å². The molecule has 0 aliphatic carbocycles. The van der Waals surface area contributed by atoms with E-state index >= 15 is 0 Å². The number of aromatic hydroxyl groups is 1. The second-order valence-electron chi connectivity index (χ2n) is 3.05. The second-order valence-corrected chi connectivity index (χ2v) is 4.20. The lowest BCUT2D eigenvalue weighted by Crippen LogP contribution is -1.75. The minimum atomic E-state index is -0.241. The molecule has 0 bridgehead atoms. The van der Waals surface area contributed by atoms with Crippen molar-refractivity contribution in [1.82, 2.24) is 0 Å². The fourth-order valence-electron chi connectivity index (χ4n) is 1.19. The smallest absolute Gasteiger partial charge is 0.123 e. The minimum Gasteiger partial charge on any atom is -0.508 e. The predicted molar refractivity (Wildman–Crippen MR) is 58.6 cm³/mol. The van der Waals surface area contributed by atoms with E-state index in [1.165, 1.54) is 23.9 Å². The first-order chi connectivity index (χ1) is 7.24. The van der Waals surface area contributed by atoms with Crippen molar-refractivity contribution >= 4 is 11.8 Å². The Labute approximate surface area is 91.6 Å². The van der Waals surface area contributed by atoms with E-state index in [4.69, 9.17) is 0 Å². The molecule has 0 fully saturated rings. The van der Waals surface area contributed by atoms with Crippen LogP contribution in [0.1, 0.15) is 0 Å². The number of hydrogen-bond donors (Lipinski definition) is 1. The van der Waals surface area contributed by atoms with Crippen LogP contribution in [0.3, 0.4) is 0 Å². The minimum absolute atomic E-state index is 0.238. The van der Waals surface area contributed by atoms with E-state index in [9.17, 15) is 9.50 Å². The molecule has 1 N–H and O–H groups in total. The molecule has 0 amide bonds. The summed E-state index contributed by atoms with van der Waals surface area (Å²) in [5, 5.41) is 9.26. The number of hydrogen-bond acceptors (Lipinski definition) is 2. The number of phenolic OH excluding ortho intramolecular Hbond substituents is 1. The van der Waals surface area contributed by atoms with E-state index in [-0.39, 0.29) is 11.6 Å². The van der Waals surface area contributed by atoms with E-state index < -0.39 is 0 Å². The van der Waals surface area contributed by atoms with Gasteiger partial charge in [0.1, 0.15) is 11.6 Å². The van der Waals surface area contributed by atoms with Crippen molar-refractivity contribution in [2.45, 2.75) is 9.79 Å². The van der Waals surface area contributed by atoms with Gasteiger partial charge in [-0.05, 0) is 42.5 Å². The third kappa shape index (κ3) is 2.73. The van der Waals surface area contributed by atoms with Crippen molar-refractivity contribution in [3.8, 4) is 5.75 Å². The van der Waals surface area contributed by atoms with Crippen LogP contribution < -0.4 is 0 Å². The third-order valence-electron chi connectivity index (χ3n) is 1.87. The standard InChI is InChI=1S/C12H9FOS/c13-9-4-6-11(7-5-9)15-12-3-1-2-10(14)8-12/h1-8,14H. The molecule has 76 valence electrons. The normalized spacial score (nSPS) is 10.2. The summed E-state index contributed by atoms with van der Waals surface area (Å²) in [4.78, 5) is 1.88. The lowest BCUT2D eigenvalue weighted by atomic mass is 10.3. The van der Waals surface area contributed by atoms with Gasteiger partial charge in [0.25, 0.3) is 0 Å². The average Bonchev–Trinajstić information content (AvgIpc) is 2.22. The highest BCUT2D eigenvalue weighted by atomic mass is 32.2. The highest BCUT2D eigenvalue weighted by Gasteiger charge is 1.98. The van der Waals surface area contributed by atoms with E-state index in [0.29, 0.717) is 0 Å². The Morgan fingerprint density at radius 1 is 0.933 bits per heavy atom. The topological polar surface area (TPSA) is 20.2 Å². The van der Waals surface area contributed by atoms with Gasteiger partial charge >= 0.3 is 0 Å². The van der Waals surface area contributed by atoms with Gasteiger partial charge in [0.15, 0.2) is 0 Å². The van der Waals surface area contributed by atoms with Gasteiger partial charge in [-0.3, -0.25) is 0 Å². The quantitative estimate of drug-likeness (QED) is 0.833. The van der Waals surface area contributed by atoms with Crippen LogP contribution in [0, 0.1) is 5.82 Å². The molecular formula is C12H9FOS. The highest BCUT2D eigenvalue weighted by Crippen LogP contribution is 2.29. The number of halogens is 1. The zero-order valence-corrected chi connectivity index (χ0v) is 8.67. The summed E-state index contributed by atoms with van der Waals surface area (Å²) in [6, 6.07) is 13.2. The molecular weight excluding hydrogens is 211 g/mol. The second kappa shape index (κ2) is 4.36. The Morgan fingerprint density at radius 2 is 1.67 bits per heavy atom. The van der Waals surface area contributed by atoms with Gasteiger partial charge in [0.05, 0.1) is 0 Å². The first kappa shape index (κ1) is 10.1. The molecule has 0 saturated carbocycles. The SMILES string of the molecule is Oc1cccc(Sc2ccc(F)cc2)c1. The molecule has 0 spiro atoms. The Bertz CT molecular complexity index is 453. The largest absolute Gasteiger partial charge is 0.508 e. The Kier molecular flexibility index (Phi) is 2.92. The number of phenols is 1. The molecule has 3 heteroatoms. The van der Waals surface area contributed by atoms with E-state index in [1.54, 1.807) is 30.3 Å². The van der Waals surface area contributed by atoms with Crippen LogP contribution in [0.15, 0.2) is 58.3 Å². The molecule has 0 unspecified atom stereocenters. The van der Waals surface area contributed by atoms with E-state index in [2.05, 4.69) is 0 Å². The van der Waals surface area contributed by atoms with E-state index in [1.807, 2.05) is 6.07 Å². The first-order valence-corrected chi connectivity index (χ1v) is 5.28. The molecule has 2 aromatic carbocycles. The van der Waals surface area contributed by atoms with Crippen molar-refractivity contribution < 1.29 is 9.50 Å². The molecule has 15 heavy (non-hydrogen) atoms. The molecule has 0 atom stereocenters. The van der Waals surface area contributed by atoms with Crippen LogP contribution in [-0.2, 0) is 0 Å². The van der Waals surface area contributed by atoms with Gasteiger partial charge in [0, 0.05) is 9.79 Å². The molecule has 1 nitrogen and oxygen atoms in total. The number of benzene rings is 2. The van der Waals surface area contributed by atoms with Gasteiger partial charge in [0.2, 0.25) is 0 Å². The first-order valence-electron chi connectivity index (χ1n) is 4.46. The predicted octanol–water partition coefficient (Wildman–Crippen LogP) is 3.68. The molecule has 0 aliphatic rings. The summed E-state index contributed by atoms with van der Waals surface area (Å²) in [6.45, 7) is 0. The van der Waals surface area contributed by atoms with Gasteiger partial charge in [-0.1, -0.05) is 17.8 Å². The summed E-state index contributed by atoms with van der Waals surface area (Å²) in [6.07, 6.45) is 0. The van der Waals surface area contributed by atoms with Crippen molar-refractivity contribution in [3.63, 3.8) is 0 Å². The Hall–Kier alpha value is -1.48. The van der Waals surface area contributed by atoms with Crippen LogP contribution >= 0.6 is 11.8 Å². The third-order valence-corrected chi connectivity index (χ3v) is 2.86. The maximum Gasteiger partial charge on any atom is 0.123 e. The molecule has 2 aromatic rings. The van der Waals surface area contributed by atoms with Crippen molar-refractivity contribution in [1.29, 1.82) is 0 Å². The van der Waals surface area contributed by atoms with Crippen molar-refractivity contribution in [2.24, 2.45) is 0 Å². The summed E-state index contributed by atoms with van der Waals surface area (Å²) >= 11 is 1.48. The van der Waals surface area contributed by atoms with E-state index in [0.717, 1.165) is 9.79 Å². The van der Waals surface area contributed by atoms with Gasteiger partial charge in [-0.25, -0.2) is 4.39 Å². The fourth-order valence-corrected chi connectivity index (χ4v) is 2.06. The van der Waals surface area contributed by atoms with Crippen LogP contribution in [0.25, 0.3) is 0 Å². The molecule has 0 radical (unpaired) electrons. The summed E-state index contributed by atoms with van der Waals surface area (Å²) in [5.74, 6) is -0.00243. The van der Waals surface area contributed by atoms with Crippen LogP contribution in [-0.4, -0.2) is 5.11 Å². The Balaban J connectivity index is 2.18. The maximum atomic E-state index is 12.6. The van der Waals surface area contributed by atoms with Crippen LogP contribution in [0.2, 0.25) is 0 Å². The Morgan fingerprint density at radius 3 is 2.33 bits per heavy atom. The van der Waals surface area contributed by atoms with Crippen LogP contribution in [0.4, 0.5) is 4.39 Å². The fraction of sp³-hybridized carbons (Fsp3) is 0. The van der Waals surface area contributed by atoms with Crippen LogP contribution in [0.5, 0.6) is 5.75 Å². The summed E-state index contributed by atoms with van der Waals surface area (Å²) in [5.41, 5.74) is 0. The number of rotatable bonds is 2. The molecule has 0 aliphatic heterocycles. The van der Waals surface area contributed by atoms with Crippen molar-refractivity contribution in [3.05, 3.63) is 54.3 Å². The van der Waals surface area contributed by atoms with Gasteiger partial charge in [-0.2, -0.15) is 0 Å². The zero-order valence-electron chi connectivity index (χ0n) is 7.85. The molecule has 2 rings (SSSR count). The van der Waals surface area contributed by atoms with Crippen molar-refractivity contribution in [2.75, 3.05) is 0 Å². The molecule has 0 aromatic heterocycles. The average molecular weight is 220 g/mol. The highest BCUT2D eigenvalue weighted by molar-refractivity contribution is 7.99. The monoisotopic (exact) mass is 220 g/mol. The molecule has 0 saturated heterocycles. The lowest BCUT2D eigenvalue weighted by Gasteiger charge is -2.01.